The van der Waals surface area contributed by atoms with Gasteiger partial charge in [0.2, 0.25) is 5.91 Å². The standard InChI is InChI=1S/C15H23BrN2O/c1-4-6-9-17-15(19)11(3)18-14-8-7-13(16)10-12(14)5-2/h7-8,10-11,18H,4-6,9H2,1-3H3,(H,17,19). The van der Waals surface area contributed by atoms with E-state index in [9.17, 15) is 4.79 Å². The normalized spacial score (nSPS) is 12.0. The first-order valence-corrected chi connectivity index (χ1v) is 7.70. The highest BCUT2D eigenvalue weighted by Gasteiger charge is 2.13. The van der Waals surface area contributed by atoms with Crippen molar-refractivity contribution < 1.29 is 4.79 Å². The number of amides is 1. The van der Waals surface area contributed by atoms with Crippen molar-refractivity contribution in [3.63, 3.8) is 0 Å². The van der Waals surface area contributed by atoms with Crippen LogP contribution in [0.15, 0.2) is 22.7 Å². The second-order valence-corrected chi connectivity index (χ2v) is 5.58. The summed E-state index contributed by atoms with van der Waals surface area (Å²) in [6.45, 7) is 6.87. The molecule has 0 aliphatic rings. The van der Waals surface area contributed by atoms with E-state index in [0.717, 1.165) is 36.0 Å². The number of nitrogens with one attached hydrogen (secondary N) is 2. The fourth-order valence-corrected chi connectivity index (χ4v) is 2.24. The Bertz CT molecular complexity index is 421. The molecule has 0 bridgehead atoms. The molecule has 0 aliphatic carbocycles. The Hall–Kier alpha value is -1.03. The van der Waals surface area contributed by atoms with Gasteiger partial charge in [0.25, 0.3) is 0 Å². The molecular formula is C15H23BrN2O. The minimum Gasteiger partial charge on any atom is -0.374 e. The summed E-state index contributed by atoms with van der Waals surface area (Å²) in [6, 6.07) is 5.87. The molecule has 2 N–H and O–H groups in total. The molecule has 3 nitrogen and oxygen atoms in total. The predicted octanol–water partition coefficient (Wildman–Crippen LogP) is 3.73. The number of hydrogen-bond acceptors (Lipinski definition) is 2. The summed E-state index contributed by atoms with van der Waals surface area (Å²) in [6.07, 6.45) is 3.05. The van der Waals surface area contributed by atoms with Crippen molar-refractivity contribution in [2.45, 2.75) is 46.1 Å². The van der Waals surface area contributed by atoms with E-state index in [-0.39, 0.29) is 11.9 Å². The van der Waals surface area contributed by atoms with Crippen LogP contribution >= 0.6 is 15.9 Å². The summed E-state index contributed by atoms with van der Waals surface area (Å²) < 4.78 is 1.06. The Morgan fingerprint density at radius 2 is 2.11 bits per heavy atom. The molecule has 106 valence electrons. The Morgan fingerprint density at radius 1 is 1.37 bits per heavy atom. The van der Waals surface area contributed by atoms with Crippen LogP contribution in [0.1, 0.15) is 39.2 Å². The summed E-state index contributed by atoms with van der Waals surface area (Å²) in [5.74, 6) is 0.0541. The highest BCUT2D eigenvalue weighted by molar-refractivity contribution is 9.10. The van der Waals surface area contributed by atoms with Gasteiger partial charge in [-0.25, -0.2) is 0 Å². The van der Waals surface area contributed by atoms with E-state index in [2.05, 4.69) is 46.5 Å². The minimum atomic E-state index is -0.219. The molecule has 1 aromatic rings. The van der Waals surface area contributed by atoms with Crippen molar-refractivity contribution in [2.24, 2.45) is 0 Å². The third kappa shape index (κ3) is 5.23. The highest BCUT2D eigenvalue weighted by Crippen LogP contribution is 2.22. The lowest BCUT2D eigenvalue weighted by Gasteiger charge is -2.17. The van der Waals surface area contributed by atoms with E-state index in [1.165, 1.54) is 5.56 Å². The quantitative estimate of drug-likeness (QED) is 0.749. The van der Waals surface area contributed by atoms with Crippen LogP contribution in [0, 0.1) is 0 Å². The van der Waals surface area contributed by atoms with Crippen LogP contribution in [0.3, 0.4) is 0 Å². The number of rotatable bonds is 7. The number of anilines is 1. The van der Waals surface area contributed by atoms with E-state index < -0.39 is 0 Å². The van der Waals surface area contributed by atoms with E-state index in [1.54, 1.807) is 0 Å². The van der Waals surface area contributed by atoms with Gasteiger partial charge in [0.1, 0.15) is 6.04 Å². The van der Waals surface area contributed by atoms with Crippen LogP contribution in [0.2, 0.25) is 0 Å². The van der Waals surface area contributed by atoms with E-state index >= 15 is 0 Å². The summed E-state index contributed by atoms with van der Waals surface area (Å²) in [7, 11) is 0. The van der Waals surface area contributed by atoms with Crippen LogP contribution in [0.5, 0.6) is 0 Å². The van der Waals surface area contributed by atoms with Gasteiger partial charge in [-0.15, -0.1) is 0 Å². The molecule has 1 unspecified atom stereocenters. The Balaban J connectivity index is 2.60. The van der Waals surface area contributed by atoms with Crippen molar-refractivity contribution in [3.8, 4) is 0 Å². The molecule has 0 aliphatic heterocycles. The van der Waals surface area contributed by atoms with Crippen molar-refractivity contribution in [1.82, 2.24) is 5.32 Å². The predicted molar refractivity (Wildman–Crippen MR) is 84.5 cm³/mol. The van der Waals surface area contributed by atoms with Crippen LogP contribution in [0.4, 0.5) is 5.69 Å². The first kappa shape index (κ1) is 16.0. The average molecular weight is 327 g/mol. The van der Waals surface area contributed by atoms with Gasteiger partial charge >= 0.3 is 0 Å². The van der Waals surface area contributed by atoms with Crippen molar-refractivity contribution in [3.05, 3.63) is 28.2 Å². The summed E-state index contributed by atoms with van der Waals surface area (Å²) in [5.41, 5.74) is 2.24. The molecule has 0 heterocycles. The maximum atomic E-state index is 11.9. The van der Waals surface area contributed by atoms with E-state index in [0.29, 0.717) is 0 Å². The lowest BCUT2D eigenvalue weighted by molar-refractivity contribution is -0.121. The summed E-state index contributed by atoms with van der Waals surface area (Å²) in [5, 5.41) is 6.22. The van der Waals surface area contributed by atoms with Gasteiger partial charge < -0.3 is 10.6 Å². The number of halogens is 1. The number of aryl methyl sites for hydroxylation is 1. The lowest BCUT2D eigenvalue weighted by Crippen LogP contribution is -2.38. The number of carbonyl (C=O) groups is 1. The number of carbonyl (C=O) groups excluding carboxylic acids is 1. The zero-order valence-electron chi connectivity index (χ0n) is 11.9. The summed E-state index contributed by atoms with van der Waals surface area (Å²) >= 11 is 3.47. The van der Waals surface area contributed by atoms with Crippen LogP contribution in [-0.4, -0.2) is 18.5 Å². The molecule has 0 saturated heterocycles. The molecule has 0 aromatic heterocycles. The third-order valence-corrected chi connectivity index (χ3v) is 3.54. The molecule has 0 spiro atoms. The van der Waals surface area contributed by atoms with Gasteiger partial charge in [0, 0.05) is 16.7 Å². The molecule has 1 amide bonds. The maximum absolute atomic E-state index is 11.9. The Kier molecular flexibility index (Phi) is 6.92. The zero-order chi connectivity index (χ0) is 14.3. The topological polar surface area (TPSA) is 41.1 Å². The largest absolute Gasteiger partial charge is 0.374 e. The second kappa shape index (κ2) is 8.20. The lowest BCUT2D eigenvalue weighted by atomic mass is 10.1. The second-order valence-electron chi connectivity index (χ2n) is 4.67. The molecule has 1 atom stereocenters. The monoisotopic (exact) mass is 326 g/mol. The first-order chi connectivity index (χ1) is 9.08. The van der Waals surface area contributed by atoms with Gasteiger partial charge in [-0.05, 0) is 43.5 Å². The molecule has 19 heavy (non-hydrogen) atoms. The fourth-order valence-electron chi connectivity index (χ4n) is 1.84. The van der Waals surface area contributed by atoms with Crippen LogP contribution in [0.25, 0.3) is 0 Å². The van der Waals surface area contributed by atoms with Gasteiger partial charge in [-0.2, -0.15) is 0 Å². The molecule has 1 rings (SSSR count). The van der Waals surface area contributed by atoms with Crippen LogP contribution < -0.4 is 10.6 Å². The first-order valence-electron chi connectivity index (χ1n) is 6.91. The number of hydrogen-bond donors (Lipinski definition) is 2. The number of benzene rings is 1. The third-order valence-electron chi connectivity index (χ3n) is 3.04. The van der Waals surface area contributed by atoms with E-state index in [4.69, 9.17) is 0 Å². The minimum absolute atomic E-state index is 0.0541. The van der Waals surface area contributed by atoms with Crippen molar-refractivity contribution >= 4 is 27.5 Å². The van der Waals surface area contributed by atoms with E-state index in [1.807, 2.05) is 19.1 Å². The average Bonchev–Trinajstić information content (AvgIpc) is 2.40. The maximum Gasteiger partial charge on any atom is 0.242 e. The molecular weight excluding hydrogens is 304 g/mol. The van der Waals surface area contributed by atoms with Crippen molar-refractivity contribution in [2.75, 3.05) is 11.9 Å². The highest BCUT2D eigenvalue weighted by atomic mass is 79.9. The zero-order valence-corrected chi connectivity index (χ0v) is 13.5. The molecule has 0 radical (unpaired) electrons. The molecule has 0 saturated carbocycles. The summed E-state index contributed by atoms with van der Waals surface area (Å²) in [4.78, 5) is 11.9. The molecule has 4 heteroatoms. The Labute approximate surface area is 124 Å². The molecule has 0 fully saturated rings. The van der Waals surface area contributed by atoms with Gasteiger partial charge in [-0.3, -0.25) is 4.79 Å². The fraction of sp³-hybridized carbons (Fsp3) is 0.533. The van der Waals surface area contributed by atoms with Gasteiger partial charge in [0.05, 0.1) is 0 Å². The SMILES string of the molecule is CCCCNC(=O)C(C)Nc1ccc(Br)cc1CC. The Morgan fingerprint density at radius 3 is 2.74 bits per heavy atom. The van der Waals surface area contributed by atoms with Gasteiger partial charge in [-0.1, -0.05) is 36.2 Å². The van der Waals surface area contributed by atoms with Gasteiger partial charge in [0.15, 0.2) is 0 Å². The van der Waals surface area contributed by atoms with Crippen molar-refractivity contribution in [1.29, 1.82) is 0 Å². The smallest absolute Gasteiger partial charge is 0.242 e. The molecule has 1 aromatic carbocycles. The number of unbranched alkanes of at least 4 members (excludes halogenated alkanes) is 1. The van der Waals surface area contributed by atoms with Crippen LogP contribution in [-0.2, 0) is 11.2 Å².